The number of rotatable bonds is 4. The summed E-state index contributed by atoms with van der Waals surface area (Å²) < 4.78 is 14.6. The average Bonchev–Trinajstić information content (AvgIpc) is 2.64. The van der Waals surface area contributed by atoms with Crippen LogP contribution >= 0.6 is 23.8 Å². The second-order valence-electron chi connectivity index (χ2n) is 5.71. The first-order valence-electron chi connectivity index (χ1n) is 8.07. The topological polar surface area (TPSA) is 70.4 Å². The van der Waals surface area contributed by atoms with E-state index < -0.39 is 17.3 Å². The predicted molar refractivity (Wildman–Crippen MR) is 107 cm³/mol. The maximum atomic E-state index is 13.4. The van der Waals surface area contributed by atoms with Gasteiger partial charge in [-0.1, -0.05) is 30.7 Å². The van der Waals surface area contributed by atoms with Gasteiger partial charge in [0.2, 0.25) is 5.88 Å². The Hall–Kier alpha value is -2.77. The van der Waals surface area contributed by atoms with E-state index in [0.717, 1.165) is 18.1 Å². The molecule has 0 bridgehead atoms. The van der Waals surface area contributed by atoms with Gasteiger partial charge in [0.15, 0.2) is 4.77 Å². The van der Waals surface area contributed by atoms with Gasteiger partial charge in [-0.25, -0.2) is 4.39 Å². The first-order valence-corrected chi connectivity index (χ1v) is 8.86. The predicted octanol–water partition coefficient (Wildman–Crippen LogP) is 4.71. The summed E-state index contributed by atoms with van der Waals surface area (Å²) in [6, 6.07) is 11.3. The molecule has 0 fully saturated rings. The molecule has 0 aliphatic carbocycles. The van der Waals surface area contributed by atoms with Crippen LogP contribution in [0.25, 0.3) is 5.69 Å². The van der Waals surface area contributed by atoms with Crippen molar-refractivity contribution in [2.75, 3.05) is 0 Å². The maximum Gasteiger partial charge on any atom is 0.264 e. The van der Waals surface area contributed by atoms with Crippen LogP contribution in [0.5, 0.6) is 5.88 Å². The number of aromatic amines is 1. The molecule has 0 saturated carbocycles. The largest absolute Gasteiger partial charge is 0.494 e. The van der Waals surface area contributed by atoms with Crippen LogP contribution in [0.2, 0.25) is 5.02 Å². The molecule has 0 atom stereocenters. The van der Waals surface area contributed by atoms with E-state index >= 15 is 0 Å². The first-order chi connectivity index (χ1) is 12.9. The van der Waals surface area contributed by atoms with Crippen molar-refractivity contribution in [2.45, 2.75) is 13.3 Å². The van der Waals surface area contributed by atoms with Crippen LogP contribution in [0.15, 0.2) is 52.3 Å². The fourth-order valence-corrected chi connectivity index (χ4v) is 2.97. The Morgan fingerprint density at radius 3 is 2.81 bits per heavy atom. The zero-order valence-electron chi connectivity index (χ0n) is 14.2. The number of nitrogens with one attached hydrogen (secondary N) is 1. The van der Waals surface area contributed by atoms with Crippen LogP contribution in [-0.4, -0.2) is 20.9 Å². The number of halogens is 2. The van der Waals surface area contributed by atoms with E-state index in [0.29, 0.717) is 11.4 Å². The number of aryl methyl sites for hydroxylation is 1. The molecule has 0 spiro atoms. The van der Waals surface area contributed by atoms with Crippen molar-refractivity contribution in [3.63, 3.8) is 0 Å². The number of benzene rings is 2. The van der Waals surface area contributed by atoms with Crippen molar-refractivity contribution in [3.8, 4) is 11.6 Å². The summed E-state index contributed by atoms with van der Waals surface area (Å²) in [5.41, 5.74) is 1.39. The van der Waals surface area contributed by atoms with Gasteiger partial charge in [-0.15, -0.1) is 0 Å². The Morgan fingerprint density at radius 1 is 1.33 bits per heavy atom. The van der Waals surface area contributed by atoms with Gasteiger partial charge in [0.1, 0.15) is 11.4 Å². The molecule has 0 aliphatic heterocycles. The Morgan fingerprint density at radius 2 is 2.11 bits per heavy atom. The van der Waals surface area contributed by atoms with Gasteiger partial charge in [-0.3, -0.25) is 19.3 Å². The molecule has 1 aromatic heterocycles. The highest BCUT2D eigenvalue weighted by atomic mass is 35.5. The lowest BCUT2D eigenvalue weighted by molar-refractivity contribution is 0.432. The lowest BCUT2D eigenvalue weighted by Gasteiger charge is -2.11. The highest BCUT2D eigenvalue weighted by Gasteiger charge is 2.13. The summed E-state index contributed by atoms with van der Waals surface area (Å²) in [6.07, 6.45) is 2.12. The van der Waals surface area contributed by atoms with E-state index in [2.05, 4.69) is 9.98 Å². The van der Waals surface area contributed by atoms with E-state index in [9.17, 15) is 14.3 Å². The van der Waals surface area contributed by atoms with Crippen molar-refractivity contribution in [1.29, 1.82) is 0 Å². The van der Waals surface area contributed by atoms with Crippen molar-refractivity contribution in [2.24, 2.45) is 4.99 Å². The number of aromatic nitrogens is 2. The van der Waals surface area contributed by atoms with Crippen LogP contribution < -0.4 is 5.56 Å². The molecule has 0 radical (unpaired) electrons. The van der Waals surface area contributed by atoms with Crippen LogP contribution in [0.3, 0.4) is 0 Å². The highest BCUT2D eigenvalue weighted by molar-refractivity contribution is 7.71. The normalized spacial score (nSPS) is 11.2. The van der Waals surface area contributed by atoms with E-state index in [-0.39, 0.29) is 15.4 Å². The fourth-order valence-electron chi connectivity index (χ4n) is 2.51. The molecule has 8 heteroatoms. The lowest BCUT2D eigenvalue weighted by Crippen LogP contribution is -2.18. The van der Waals surface area contributed by atoms with Crippen LogP contribution in [0, 0.1) is 10.6 Å². The minimum Gasteiger partial charge on any atom is -0.494 e. The van der Waals surface area contributed by atoms with E-state index in [1.165, 1.54) is 22.9 Å². The molecule has 2 N–H and O–H groups in total. The Balaban J connectivity index is 2.11. The van der Waals surface area contributed by atoms with Gasteiger partial charge < -0.3 is 5.11 Å². The maximum absolute atomic E-state index is 13.4. The second kappa shape index (κ2) is 7.85. The number of aliphatic imine (C=N–C) groups is 1. The number of nitrogens with zero attached hydrogens (tertiary/aromatic N) is 2. The summed E-state index contributed by atoms with van der Waals surface area (Å²) in [6.45, 7) is 2.03. The smallest absolute Gasteiger partial charge is 0.264 e. The molecule has 0 saturated heterocycles. The van der Waals surface area contributed by atoms with E-state index in [4.69, 9.17) is 23.8 Å². The second-order valence-corrected chi connectivity index (χ2v) is 6.51. The van der Waals surface area contributed by atoms with Gasteiger partial charge in [-0.05, 0) is 54.5 Å². The van der Waals surface area contributed by atoms with E-state index in [1.807, 2.05) is 25.1 Å². The first kappa shape index (κ1) is 19.0. The van der Waals surface area contributed by atoms with Crippen molar-refractivity contribution in [3.05, 3.63) is 79.6 Å². The summed E-state index contributed by atoms with van der Waals surface area (Å²) in [5.74, 6) is -1.02. The highest BCUT2D eigenvalue weighted by Crippen LogP contribution is 2.24. The van der Waals surface area contributed by atoms with Crippen molar-refractivity contribution >= 4 is 35.7 Å². The number of hydrogen-bond donors (Lipinski definition) is 2. The molecule has 3 rings (SSSR count). The zero-order chi connectivity index (χ0) is 19.6. The molecular formula is C19H15ClFN3O2S. The molecular weight excluding hydrogens is 389 g/mol. The molecule has 5 nitrogen and oxygen atoms in total. The minimum atomic E-state index is -0.603. The number of hydrogen-bond acceptors (Lipinski definition) is 4. The molecule has 27 heavy (non-hydrogen) atoms. The van der Waals surface area contributed by atoms with Gasteiger partial charge in [0.25, 0.3) is 5.56 Å². The number of H-pyrrole nitrogens is 1. The Labute approximate surface area is 164 Å². The summed E-state index contributed by atoms with van der Waals surface area (Å²) in [4.78, 5) is 19.0. The van der Waals surface area contributed by atoms with Crippen LogP contribution in [0.4, 0.5) is 10.1 Å². The number of aromatic hydroxyl groups is 1. The van der Waals surface area contributed by atoms with Gasteiger partial charge in [0.05, 0.1) is 16.4 Å². The zero-order valence-corrected chi connectivity index (χ0v) is 15.8. The van der Waals surface area contributed by atoms with E-state index in [1.54, 1.807) is 6.07 Å². The SMILES string of the molecule is CCc1cccc(N=Cc2c(O)n(-c3ccc(F)c(Cl)c3)c(=S)[nH]c2=O)c1. The Kier molecular flexibility index (Phi) is 5.53. The average molecular weight is 404 g/mol. The third-order valence-electron chi connectivity index (χ3n) is 3.94. The quantitative estimate of drug-likeness (QED) is 0.489. The van der Waals surface area contributed by atoms with Gasteiger partial charge >= 0.3 is 0 Å². The molecule has 1 heterocycles. The van der Waals surface area contributed by atoms with Crippen LogP contribution in [0.1, 0.15) is 18.1 Å². The molecule has 3 aromatic rings. The minimum absolute atomic E-state index is 0.0506. The third kappa shape index (κ3) is 3.99. The molecule has 138 valence electrons. The molecule has 0 amide bonds. The summed E-state index contributed by atoms with van der Waals surface area (Å²) in [5, 5.41) is 10.5. The molecule has 0 unspecified atom stereocenters. The standard InChI is InChI=1S/C19H15ClFN3O2S/c1-2-11-4-3-5-12(8-11)22-10-14-17(25)23-19(27)24(18(14)26)13-6-7-16(21)15(20)9-13/h3-10,26H,2H2,1H3,(H,23,25,27). The van der Waals surface area contributed by atoms with Crippen molar-refractivity contribution < 1.29 is 9.50 Å². The lowest BCUT2D eigenvalue weighted by atomic mass is 10.1. The fraction of sp³-hybridized carbons (Fsp3) is 0.105. The third-order valence-corrected chi connectivity index (χ3v) is 4.52. The van der Waals surface area contributed by atoms with Gasteiger partial charge in [0, 0.05) is 6.21 Å². The van der Waals surface area contributed by atoms with Gasteiger partial charge in [-0.2, -0.15) is 0 Å². The Bertz CT molecular complexity index is 1150. The molecule has 0 aliphatic rings. The molecule has 2 aromatic carbocycles. The summed E-state index contributed by atoms with van der Waals surface area (Å²) >= 11 is 10.9. The van der Waals surface area contributed by atoms with Crippen molar-refractivity contribution in [1.82, 2.24) is 9.55 Å². The monoisotopic (exact) mass is 403 g/mol. The summed E-state index contributed by atoms with van der Waals surface area (Å²) in [7, 11) is 0. The van der Waals surface area contributed by atoms with Crippen LogP contribution in [-0.2, 0) is 6.42 Å².